The first-order valence-corrected chi connectivity index (χ1v) is 6.30. The number of hydrogen-bond acceptors (Lipinski definition) is 3. The van der Waals surface area contributed by atoms with Gasteiger partial charge in [0.25, 0.3) is 0 Å². The summed E-state index contributed by atoms with van der Waals surface area (Å²) in [5, 5.41) is 9.95. The average molecular weight is 311 g/mol. The van der Waals surface area contributed by atoms with Crippen LogP contribution in [0.25, 0.3) is 0 Å². The molecule has 3 nitrogen and oxygen atoms in total. The Balaban J connectivity index is 3.37. The topological polar surface area (TPSA) is 72.3 Å². The van der Waals surface area contributed by atoms with Crippen LogP contribution in [0.15, 0.2) is 12.1 Å². The fourth-order valence-electron chi connectivity index (χ4n) is 2.01. The molecule has 0 bridgehead atoms. The summed E-state index contributed by atoms with van der Waals surface area (Å²) in [5.41, 5.74) is 6.99. The van der Waals surface area contributed by atoms with E-state index in [9.17, 15) is 18.3 Å². The molecule has 0 aromatic heterocycles. The number of nitrogens with two attached hydrogens (primary N) is 2. The number of halogens is 4. The van der Waals surface area contributed by atoms with E-state index in [2.05, 4.69) is 0 Å². The van der Waals surface area contributed by atoms with Crippen LogP contribution in [0.5, 0.6) is 0 Å². The molecule has 20 heavy (non-hydrogen) atoms. The molecule has 0 aliphatic carbocycles. The van der Waals surface area contributed by atoms with Gasteiger partial charge in [-0.05, 0) is 24.0 Å². The Bertz CT molecular complexity index is 508. The fourth-order valence-corrected chi connectivity index (χ4v) is 2.23. The van der Waals surface area contributed by atoms with E-state index in [0.717, 1.165) is 12.1 Å². The molecule has 0 amide bonds. The van der Waals surface area contributed by atoms with Crippen LogP contribution in [0.1, 0.15) is 38.3 Å². The van der Waals surface area contributed by atoms with Crippen molar-refractivity contribution in [3.8, 4) is 0 Å². The molecule has 0 aliphatic rings. The van der Waals surface area contributed by atoms with Gasteiger partial charge in [-0.1, -0.05) is 32.4 Å². The molecule has 5 N–H and O–H groups in total. The first kappa shape index (κ1) is 17.1. The van der Waals surface area contributed by atoms with Crippen LogP contribution in [0.3, 0.4) is 0 Å². The molecule has 0 fully saturated rings. The van der Waals surface area contributed by atoms with E-state index in [1.807, 2.05) is 20.8 Å². The van der Waals surface area contributed by atoms with Gasteiger partial charge in [0.1, 0.15) is 5.72 Å². The zero-order valence-corrected chi connectivity index (χ0v) is 12.2. The van der Waals surface area contributed by atoms with Crippen LogP contribution in [-0.4, -0.2) is 5.11 Å². The van der Waals surface area contributed by atoms with E-state index < -0.39 is 23.2 Å². The number of rotatable bonds is 2. The molecule has 0 radical (unpaired) electrons. The number of alkyl halides is 3. The maximum atomic E-state index is 12.9. The summed E-state index contributed by atoms with van der Waals surface area (Å²) in [6, 6.07) is 1.91. The van der Waals surface area contributed by atoms with Crippen molar-refractivity contribution in [1.82, 2.24) is 0 Å². The molecule has 0 saturated carbocycles. The van der Waals surface area contributed by atoms with Gasteiger partial charge in [-0.3, -0.25) is 5.73 Å². The van der Waals surface area contributed by atoms with Gasteiger partial charge in [-0.2, -0.15) is 13.2 Å². The van der Waals surface area contributed by atoms with Crippen molar-refractivity contribution in [3.05, 3.63) is 28.3 Å². The van der Waals surface area contributed by atoms with Crippen molar-refractivity contribution in [1.29, 1.82) is 0 Å². The molecule has 1 rings (SSSR count). The van der Waals surface area contributed by atoms with Crippen LogP contribution in [0.4, 0.5) is 18.9 Å². The van der Waals surface area contributed by atoms with Gasteiger partial charge < -0.3 is 10.8 Å². The van der Waals surface area contributed by atoms with Crippen molar-refractivity contribution in [2.75, 3.05) is 5.73 Å². The van der Waals surface area contributed by atoms with Crippen molar-refractivity contribution in [3.63, 3.8) is 0 Å². The van der Waals surface area contributed by atoms with Crippen LogP contribution < -0.4 is 11.5 Å². The Morgan fingerprint density at radius 2 is 1.70 bits per heavy atom. The zero-order valence-electron chi connectivity index (χ0n) is 11.5. The summed E-state index contributed by atoms with van der Waals surface area (Å²) in [7, 11) is 0. The minimum Gasteiger partial charge on any atom is -0.397 e. The highest BCUT2D eigenvalue weighted by Crippen LogP contribution is 2.40. The third-order valence-corrected chi connectivity index (χ3v) is 3.05. The molecule has 1 atom stereocenters. The molecule has 0 spiro atoms. The average Bonchev–Trinajstić information content (AvgIpc) is 2.16. The summed E-state index contributed by atoms with van der Waals surface area (Å²) in [6.45, 7) is 5.44. The van der Waals surface area contributed by atoms with Crippen LogP contribution in [0, 0.1) is 5.41 Å². The lowest BCUT2D eigenvalue weighted by Gasteiger charge is -2.32. The monoisotopic (exact) mass is 310 g/mol. The number of hydrogen-bond donors (Lipinski definition) is 3. The predicted octanol–water partition coefficient (Wildman–Crippen LogP) is 3.48. The molecule has 1 aromatic rings. The second-order valence-corrected chi connectivity index (χ2v) is 6.49. The first-order valence-electron chi connectivity index (χ1n) is 5.92. The summed E-state index contributed by atoms with van der Waals surface area (Å²) < 4.78 is 38.6. The number of aliphatic hydroxyl groups is 1. The third kappa shape index (κ3) is 4.01. The van der Waals surface area contributed by atoms with E-state index in [1.165, 1.54) is 0 Å². The molecule has 7 heteroatoms. The maximum absolute atomic E-state index is 12.9. The van der Waals surface area contributed by atoms with E-state index in [1.54, 1.807) is 0 Å². The first-order chi connectivity index (χ1) is 8.74. The molecule has 1 aromatic carbocycles. The van der Waals surface area contributed by atoms with Crippen LogP contribution in [0.2, 0.25) is 5.02 Å². The summed E-state index contributed by atoms with van der Waals surface area (Å²) in [4.78, 5) is 0. The van der Waals surface area contributed by atoms with E-state index >= 15 is 0 Å². The highest BCUT2D eigenvalue weighted by molar-refractivity contribution is 6.33. The zero-order chi connectivity index (χ0) is 15.9. The van der Waals surface area contributed by atoms with Crippen molar-refractivity contribution in [2.24, 2.45) is 11.1 Å². The second-order valence-electron chi connectivity index (χ2n) is 6.08. The van der Waals surface area contributed by atoms with Gasteiger partial charge >= 0.3 is 6.18 Å². The van der Waals surface area contributed by atoms with Crippen molar-refractivity contribution >= 4 is 17.3 Å². The van der Waals surface area contributed by atoms with Crippen LogP contribution in [-0.2, 0) is 11.9 Å². The smallest absolute Gasteiger partial charge is 0.397 e. The molecular weight excluding hydrogens is 293 g/mol. The lowest BCUT2D eigenvalue weighted by Crippen LogP contribution is -2.40. The lowest BCUT2D eigenvalue weighted by molar-refractivity contribution is -0.137. The maximum Gasteiger partial charge on any atom is 0.418 e. The molecule has 0 saturated heterocycles. The Kier molecular flexibility index (Phi) is 4.35. The largest absolute Gasteiger partial charge is 0.418 e. The fraction of sp³-hybridized carbons (Fsp3) is 0.538. The quantitative estimate of drug-likeness (QED) is 0.578. The Morgan fingerprint density at radius 1 is 1.20 bits per heavy atom. The molecule has 114 valence electrons. The van der Waals surface area contributed by atoms with E-state index in [4.69, 9.17) is 23.1 Å². The van der Waals surface area contributed by atoms with Gasteiger partial charge in [0.15, 0.2) is 0 Å². The van der Waals surface area contributed by atoms with E-state index in [0.29, 0.717) is 0 Å². The van der Waals surface area contributed by atoms with Crippen LogP contribution >= 0.6 is 11.6 Å². The van der Waals surface area contributed by atoms with Gasteiger partial charge in [0.05, 0.1) is 16.3 Å². The minimum atomic E-state index is -4.67. The third-order valence-electron chi connectivity index (χ3n) is 2.73. The van der Waals surface area contributed by atoms with Gasteiger partial charge in [0, 0.05) is 5.56 Å². The summed E-state index contributed by atoms with van der Waals surface area (Å²) in [6.07, 6.45) is -4.60. The van der Waals surface area contributed by atoms with Gasteiger partial charge in [0.2, 0.25) is 0 Å². The Morgan fingerprint density at radius 3 is 2.10 bits per heavy atom. The SMILES string of the molecule is CC(C)(C)CC(N)(O)c1cc(Cl)c(N)c(C(F)(F)F)c1. The lowest BCUT2D eigenvalue weighted by atomic mass is 9.83. The number of benzene rings is 1. The van der Waals surface area contributed by atoms with E-state index in [-0.39, 0.29) is 22.4 Å². The summed E-state index contributed by atoms with van der Waals surface area (Å²) in [5.74, 6) is 0. The minimum absolute atomic E-state index is 0.0670. The molecule has 0 aliphatic heterocycles. The second kappa shape index (κ2) is 5.09. The predicted molar refractivity (Wildman–Crippen MR) is 73.0 cm³/mol. The van der Waals surface area contributed by atoms with Gasteiger partial charge in [-0.15, -0.1) is 0 Å². The standard InChI is InChI=1S/C13H18ClF3N2O/c1-11(2,3)6-12(19,20)7-4-8(13(15,16)17)10(18)9(14)5-7/h4-5,20H,6,18-19H2,1-3H3. The molecule has 1 unspecified atom stereocenters. The van der Waals surface area contributed by atoms with Crippen molar-refractivity contribution in [2.45, 2.75) is 39.1 Å². The Labute approximate surface area is 120 Å². The normalized spacial score (nSPS) is 16.1. The van der Waals surface area contributed by atoms with Crippen molar-refractivity contribution < 1.29 is 18.3 Å². The number of anilines is 1. The van der Waals surface area contributed by atoms with Gasteiger partial charge in [-0.25, -0.2) is 0 Å². The highest BCUT2D eigenvalue weighted by atomic mass is 35.5. The highest BCUT2D eigenvalue weighted by Gasteiger charge is 2.37. The Hall–Kier alpha value is -0.980. The molecular formula is C13H18ClF3N2O. The number of nitrogen functional groups attached to an aromatic ring is 1. The molecule has 0 heterocycles. The summed E-state index contributed by atoms with van der Waals surface area (Å²) >= 11 is 5.71.